The van der Waals surface area contributed by atoms with Crippen molar-refractivity contribution in [3.63, 3.8) is 0 Å². The van der Waals surface area contributed by atoms with Gasteiger partial charge in [-0.25, -0.2) is 4.68 Å². The minimum Gasteiger partial charge on any atom is -0.384 e. The topological polar surface area (TPSA) is 64.2 Å². The highest BCUT2D eigenvalue weighted by Crippen LogP contribution is 2.19. The van der Waals surface area contributed by atoms with Gasteiger partial charge in [0.1, 0.15) is 5.82 Å². The Hall–Kier alpha value is -2.01. The molecule has 1 saturated heterocycles. The van der Waals surface area contributed by atoms with Gasteiger partial charge >= 0.3 is 0 Å². The van der Waals surface area contributed by atoms with Crippen LogP contribution in [0.2, 0.25) is 5.02 Å². The van der Waals surface area contributed by atoms with Crippen molar-refractivity contribution in [3.8, 4) is 5.69 Å². The van der Waals surface area contributed by atoms with Crippen LogP contribution in [0.4, 0.5) is 5.82 Å². The molecule has 0 radical (unpaired) electrons. The lowest BCUT2D eigenvalue weighted by Crippen LogP contribution is -2.28. The number of likely N-dealkylation sites (tertiary alicyclic amines) is 1. The molecule has 1 aliphatic rings. The number of amides is 1. The second kappa shape index (κ2) is 5.17. The monoisotopic (exact) mass is 290 g/mol. The third-order valence-corrected chi connectivity index (χ3v) is 3.67. The van der Waals surface area contributed by atoms with Crippen LogP contribution >= 0.6 is 11.6 Å². The SMILES string of the molecule is Nc1cc(C(=O)N2CCCC2)nn1-c1ccc(Cl)cc1. The lowest BCUT2D eigenvalue weighted by atomic mass is 10.3. The minimum atomic E-state index is -0.0538. The van der Waals surface area contributed by atoms with Crippen LogP contribution in [-0.4, -0.2) is 33.7 Å². The summed E-state index contributed by atoms with van der Waals surface area (Å²) < 4.78 is 1.56. The molecule has 6 heteroatoms. The van der Waals surface area contributed by atoms with Gasteiger partial charge in [0, 0.05) is 24.2 Å². The van der Waals surface area contributed by atoms with E-state index >= 15 is 0 Å². The van der Waals surface area contributed by atoms with Crippen LogP contribution in [0.1, 0.15) is 23.3 Å². The molecule has 1 fully saturated rings. The minimum absolute atomic E-state index is 0.0538. The molecule has 1 aromatic carbocycles. The molecule has 0 spiro atoms. The van der Waals surface area contributed by atoms with E-state index in [9.17, 15) is 4.79 Å². The number of carbonyl (C=O) groups is 1. The number of aromatic nitrogens is 2. The van der Waals surface area contributed by atoms with E-state index in [0.717, 1.165) is 31.6 Å². The van der Waals surface area contributed by atoms with Gasteiger partial charge in [-0.05, 0) is 37.1 Å². The van der Waals surface area contributed by atoms with E-state index in [1.807, 2.05) is 17.0 Å². The first-order valence-corrected chi connectivity index (χ1v) is 6.94. The van der Waals surface area contributed by atoms with E-state index in [0.29, 0.717) is 16.5 Å². The van der Waals surface area contributed by atoms with Gasteiger partial charge in [0.2, 0.25) is 0 Å². The number of nitrogens with two attached hydrogens (primary N) is 1. The van der Waals surface area contributed by atoms with Gasteiger partial charge in [0.25, 0.3) is 5.91 Å². The maximum Gasteiger partial charge on any atom is 0.274 e. The molecule has 20 heavy (non-hydrogen) atoms. The van der Waals surface area contributed by atoms with Crippen LogP contribution in [0.5, 0.6) is 0 Å². The first-order valence-electron chi connectivity index (χ1n) is 6.56. The molecule has 3 rings (SSSR count). The molecule has 0 atom stereocenters. The number of benzene rings is 1. The van der Waals surface area contributed by atoms with E-state index in [1.54, 1.807) is 22.9 Å². The summed E-state index contributed by atoms with van der Waals surface area (Å²) in [5.41, 5.74) is 7.12. The number of hydrogen-bond donors (Lipinski definition) is 1. The Morgan fingerprint density at radius 2 is 1.85 bits per heavy atom. The highest BCUT2D eigenvalue weighted by Gasteiger charge is 2.22. The van der Waals surface area contributed by atoms with Crippen LogP contribution in [0, 0.1) is 0 Å². The largest absolute Gasteiger partial charge is 0.384 e. The van der Waals surface area contributed by atoms with E-state index < -0.39 is 0 Å². The van der Waals surface area contributed by atoms with Crippen LogP contribution < -0.4 is 5.73 Å². The zero-order chi connectivity index (χ0) is 14.1. The van der Waals surface area contributed by atoms with Crippen molar-refractivity contribution in [2.45, 2.75) is 12.8 Å². The summed E-state index contributed by atoms with van der Waals surface area (Å²) in [5, 5.41) is 4.96. The zero-order valence-corrected chi connectivity index (χ0v) is 11.7. The number of hydrogen-bond acceptors (Lipinski definition) is 3. The van der Waals surface area contributed by atoms with Crippen molar-refractivity contribution in [1.82, 2.24) is 14.7 Å². The predicted molar refractivity (Wildman–Crippen MR) is 78.1 cm³/mol. The lowest BCUT2D eigenvalue weighted by Gasteiger charge is -2.12. The molecular weight excluding hydrogens is 276 g/mol. The average Bonchev–Trinajstić information content (AvgIpc) is 3.08. The Kier molecular flexibility index (Phi) is 3.36. The maximum absolute atomic E-state index is 12.3. The second-order valence-corrected chi connectivity index (χ2v) is 5.28. The summed E-state index contributed by atoms with van der Waals surface area (Å²) in [7, 11) is 0. The summed E-state index contributed by atoms with van der Waals surface area (Å²) >= 11 is 5.86. The standard InChI is InChI=1S/C14H15ClN4O/c15-10-3-5-11(6-4-10)19-13(16)9-12(17-19)14(20)18-7-1-2-8-18/h3-6,9H,1-2,7-8,16H2. The van der Waals surface area contributed by atoms with E-state index in [2.05, 4.69) is 5.10 Å². The highest BCUT2D eigenvalue weighted by atomic mass is 35.5. The van der Waals surface area contributed by atoms with Gasteiger partial charge in [-0.3, -0.25) is 4.79 Å². The number of anilines is 1. The van der Waals surface area contributed by atoms with Crippen LogP contribution in [0.25, 0.3) is 5.69 Å². The van der Waals surface area contributed by atoms with Gasteiger partial charge in [0.05, 0.1) is 5.69 Å². The van der Waals surface area contributed by atoms with Gasteiger partial charge < -0.3 is 10.6 Å². The summed E-state index contributed by atoms with van der Waals surface area (Å²) in [4.78, 5) is 14.1. The molecule has 1 amide bonds. The van der Waals surface area contributed by atoms with E-state index in [1.165, 1.54) is 0 Å². The third kappa shape index (κ3) is 2.36. The van der Waals surface area contributed by atoms with E-state index in [4.69, 9.17) is 17.3 Å². The van der Waals surface area contributed by atoms with E-state index in [-0.39, 0.29) is 5.91 Å². The molecule has 2 aromatic rings. The number of nitrogens with zero attached hydrogens (tertiary/aromatic N) is 3. The Labute approximate surface area is 121 Å². The number of rotatable bonds is 2. The van der Waals surface area contributed by atoms with Gasteiger partial charge in [-0.15, -0.1) is 0 Å². The number of carbonyl (C=O) groups excluding carboxylic acids is 1. The van der Waals surface area contributed by atoms with Crippen molar-refractivity contribution in [2.75, 3.05) is 18.8 Å². The molecule has 0 saturated carbocycles. The second-order valence-electron chi connectivity index (χ2n) is 4.84. The lowest BCUT2D eigenvalue weighted by molar-refractivity contribution is 0.0786. The third-order valence-electron chi connectivity index (χ3n) is 3.42. The van der Waals surface area contributed by atoms with Crippen molar-refractivity contribution in [1.29, 1.82) is 0 Å². The van der Waals surface area contributed by atoms with Gasteiger partial charge in [-0.2, -0.15) is 5.10 Å². The molecule has 0 aliphatic carbocycles. The molecule has 0 bridgehead atoms. The summed E-state index contributed by atoms with van der Waals surface area (Å²) in [5.74, 6) is 0.386. The molecule has 104 valence electrons. The number of halogens is 1. The van der Waals surface area contributed by atoms with Crippen molar-refractivity contribution in [2.24, 2.45) is 0 Å². The Morgan fingerprint density at radius 3 is 2.50 bits per heavy atom. The molecule has 1 aliphatic heterocycles. The van der Waals surface area contributed by atoms with Crippen molar-refractivity contribution < 1.29 is 4.79 Å². The average molecular weight is 291 g/mol. The van der Waals surface area contributed by atoms with Gasteiger partial charge in [0.15, 0.2) is 5.69 Å². The first kappa shape index (κ1) is 13.0. The fourth-order valence-electron chi connectivity index (χ4n) is 2.37. The van der Waals surface area contributed by atoms with Crippen molar-refractivity contribution in [3.05, 3.63) is 41.0 Å². The summed E-state index contributed by atoms with van der Waals surface area (Å²) in [6, 6.07) is 8.78. The Bertz CT molecular complexity index is 629. The fraction of sp³-hybridized carbons (Fsp3) is 0.286. The van der Waals surface area contributed by atoms with Crippen LogP contribution in [0.3, 0.4) is 0 Å². The zero-order valence-electron chi connectivity index (χ0n) is 10.9. The van der Waals surface area contributed by atoms with Crippen molar-refractivity contribution >= 4 is 23.3 Å². The normalized spacial score (nSPS) is 14.8. The molecular formula is C14H15ClN4O. The quantitative estimate of drug-likeness (QED) is 0.923. The molecule has 1 aromatic heterocycles. The summed E-state index contributed by atoms with van der Waals surface area (Å²) in [6.45, 7) is 1.60. The highest BCUT2D eigenvalue weighted by molar-refractivity contribution is 6.30. The molecule has 0 unspecified atom stereocenters. The Morgan fingerprint density at radius 1 is 1.20 bits per heavy atom. The fourth-order valence-corrected chi connectivity index (χ4v) is 2.50. The predicted octanol–water partition coefficient (Wildman–Crippen LogP) is 2.34. The molecule has 2 heterocycles. The smallest absolute Gasteiger partial charge is 0.274 e. The first-order chi connectivity index (χ1) is 9.65. The summed E-state index contributed by atoms with van der Waals surface area (Å²) in [6.07, 6.45) is 2.11. The van der Waals surface area contributed by atoms with Gasteiger partial charge in [-0.1, -0.05) is 11.6 Å². The molecule has 2 N–H and O–H groups in total. The molecule has 5 nitrogen and oxygen atoms in total. The Balaban J connectivity index is 1.90. The number of nitrogen functional groups attached to an aromatic ring is 1. The van der Waals surface area contributed by atoms with Crippen LogP contribution in [0.15, 0.2) is 30.3 Å². The van der Waals surface area contributed by atoms with Crippen LogP contribution in [-0.2, 0) is 0 Å². The maximum atomic E-state index is 12.3.